The summed E-state index contributed by atoms with van der Waals surface area (Å²) in [6.07, 6.45) is 7.48. The van der Waals surface area contributed by atoms with Gasteiger partial charge in [0.15, 0.2) is 5.69 Å². The van der Waals surface area contributed by atoms with Crippen LogP contribution < -0.4 is 0 Å². The van der Waals surface area contributed by atoms with Gasteiger partial charge in [-0.3, -0.25) is 0 Å². The lowest BCUT2D eigenvalue weighted by molar-refractivity contribution is 0.00351. The molecular weight excluding hydrogens is 326 g/mol. The Balaban J connectivity index is 1.37. The summed E-state index contributed by atoms with van der Waals surface area (Å²) in [5, 5.41) is 4.67. The number of esters is 1. The smallest absolute Gasteiger partial charge is 0.359 e. The van der Waals surface area contributed by atoms with Crippen LogP contribution in [-0.2, 0) is 17.6 Å². The molecule has 5 nitrogen and oxygen atoms in total. The second kappa shape index (κ2) is 6.54. The van der Waals surface area contributed by atoms with Crippen LogP contribution in [0.25, 0.3) is 5.69 Å². The number of aromatic nitrogens is 2. The number of rotatable bonds is 3. The summed E-state index contributed by atoms with van der Waals surface area (Å²) in [6, 6.07) is 10.7. The zero-order valence-electron chi connectivity index (χ0n) is 15.1. The van der Waals surface area contributed by atoms with Gasteiger partial charge in [0, 0.05) is 23.8 Å². The van der Waals surface area contributed by atoms with Crippen molar-refractivity contribution in [1.82, 2.24) is 14.7 Å². The Hall–Kier alpha value is -2.14. The number of hydrogen-bond donors (Lipinski definition) is 0. The number of carbonyl (C=O) groups is 1. The molecule has 5 rings (SSSR count). The van der Waals surface area contributed by atoms with Crippen LogP contribution in [0.15, 0.2) is 30.3 Å². The van der Waals surface area contributed by atoms with Gasteiger partial charge in [-0.05, 0) is 63.6 Å². The van der Waals surface area contributed by atoms with Crippen LogP contribution in [0.1, 0.15) is 53.8 Å². The Morgan fingerprint density at radius 2 is 1.96 bits per heavy atom. The Morgan fingerprint density at radius 3 is 2.85 bits per heavy atom. The third kappa shape index (κ3) is 2.75. The minimum absolute atomic E-state index is 0.0424. The van der Waals surface area contributed by atoms with Crippen LogP contribution in [0.2, 0.25) is 0 Å². The molecule has 0 radical (unpaired) electrons. The fourth-order valence-corrected chi connectivity index (χ4v) is 4.89. The summed E-state index contributed by atoms with van der Waals surface area (Å²) in [5.74, 6) is -0.228. The molecule has 26 heavy (non-hydrogen) atoms. The van der Waals surface area contributed by atoms with Crippen LogP contribution in [0.5, 0.6) is 0 Å². The molecule has 1 aromatic carbocycles. The lowest BCUT2D eigenvalue weighted by Crippen LogP contribution is -2.41. The molecule has 1 aliphatic carbocycles. The number of para-hydroxylation sites is 1. The van der Waals surface area contributed by atoms with Crippen molar-refractivity contribution in [3.05, 3.63) is 47.3 Å². The van der Waals surface area contributed by atoms with E-state index in [4.69, 9.17) is 4.74 Å². The second-order valence-corrected chi connectivity index (χ2v) is 7.76. The number of benzene rings is 1. The number of fused-ring (bicyclic) bond motifs is 2. The van der Waals surface area contributed by atoms with Crippen molar-refractivity contribution in [2.75, 3.05) is 13.1 Å². The molecule has 136 valence electrons. The van der Waals surface area contributed by atoms with E-state index in [1.54, 1.807) is 0 Å². The van der Waals surface area contributed by atoms with Gasteiger partial charge in [0.25, 0.3) is 0 Å². The first-order valence-electron chi connectivity index (χ1n) is 9.91. The first-order valence-corrected chi connectivity index (χ1v) is 9.91. The standard InChI is InChI=1S/C21H25N3O2/c25-21(26-17-11-13-23-12-5-8-16(23)14-17)20-18-9-4-10-19(18)24(22-20)15-6-2-1-3-7-15/h1-3,6-7,16-17H,4-5,8-14H2/t16-,17+/m1/s1. The summed E-state index contributed by atoms with van der Waals surface area (Å²) in [5.41, 5.74) is 3.82. The van der Waals surface area contributed by atoms with Crippen LogP contribution in [0.4, 0.5) is 0 Å². The molecule has 0 unspecified atom stereocenters. The van der Waals surface area contributed by atoms with Gasteiger partial charge in [0.05, 0.1) is 5.69 Å². The lowest BCUT2D eigenvalue weighted by atomic mass is 10.00. The predicted octanol–water partition coefficient (Wildman–Crippen LogP) is 3.14. The van der Waals surface area contributed by atoms with Gasteiger partial charge in [-0.1, -0.05) is 18.2 Å². The van der Waals surface area contributed by atoms with E-state index in [-0.39, 0.29) is 12.1 Å². The van der Waals surface area contributed by atoms with Crippen molar-refractivity contribution in [2.45, 2.75) is 57.1 Å². The highest BCUT2D eigenvalue weighted by Gasteiger charge is 2.35. The van der Waals surface area contributed by atoms with E-state index in [1.807, 2.05) is 35.0 Å². The average Bonchev–Trinajstić information content (AvgIpc) is 3.38. The largest absolute Gasteiger partial charge is 0.457 e. The van der Waals surface area contributed by atoms with E-state index in [9.17, 15) is 4.79 Å². The molecule has 0 amide bonds. The Labute approximate surface area is 153 Å². The number of nitrogens with zero attached hydrogens (tertiary/aromatic N) is 3. The van der Waals surface area contributed by atoms with Gasteiger partial charge >= 0.3 is 5.97 Å². The fraction of sp³-hybridized carbons (Fsp3) is 0.524. The van der Waals surface area contributed by atoms with E-state index in [0.29, 0.717) is 11.7 Å². The summed E-state index contributed by atoms with van der Waals surface area (Å²) >= 11 is 0. The molecule has 2 aromatic rings. The highest BCUT2D eigenvalue weighted by atomic mass is 16.5. The molecule has 0 bridgehead atoms. The summed E-state index contributed by atoms with van der Waals surface area (Å²) < 4.78 is 7.86. The molecule has 2 saturated heterocycles. The van der Waals surface area contributed by atoms with E-state index < -0.39 is 0 Å². The molecule has 0 spiro atoms. The molecular formula is C21H25N3O2. The third-order valence-corrected chi connectivity index (χ3v) is 6.17. The molecule has 5 heteroatoms. The maximum atomic E-state index is 12.9. The summed E-state index contributed by atoms with van der Waals surface area (Å²) in [7, 11) is 0. The normalized spacial score (nSPS) is 25.1. The van der Waals surface area contributed by atoms with Gasteiger partial charge in [-0.15, -0.1) is 0 Å². The molecule has 2 atom stereocenters. The maximum absolute atomic E-state index is 12.9. The second-order valence-electron chi connectivity index (χ2n) is 7.76. The Morgan fingerprint density at radius 1 is 1.08 bits per heavy atom. The molecule has 0 saturated carbocycles. The van der Waals surface area contributed by atoms with Crippen molar-refractivity contribution in [2.24, 2.45) is 0 Å². The first-order chi connectivity index (χ1) is 12.8. The van der Waals surface area contributed by atoms with Crippen molar-refractivity contribution in [3.63, 3.8) is 0 Å². The van der Waals surface area contributed by atoms with Crippen LogP contribution >= 0.6 is 0 Å². The van der Waals surface area contributed by atoms with E-state index in [0.717, 1.165) is 49.9 Å². The topological polar surface area (TPSA) is 47.4 Å². The van der Waals surface area contributed by atoms with Crippen molar-refractivity contribution < 1.29 is 9.53 Å². The minimum atomic E-state index is -0.228. The molecule has 1 aromatic heterocycles. The number of ether oxygens (including phenoxy) is 1. The van der Waals surface area contributed by atoms with Crippen LogP contribution in [-0.4, -0.2) is 45.9 Å². The van der Waals surface area contributed by atoms with Gasteiger partial charge < -0.3 is 9.64 Å². The molecule has 3 heterocycles. The molecule has 3 aliphatic rings. The maximum Gasteiger partial charge on any atom is 0.359 e. The zero-order valence-corrected chi connectivity index (χ0v) is 15.1. The van der Waals surface area contributed by atoms with Gasteiger partial charge in [-0.2, -0.15) is 5.10 Å². The lowest BCUT2D eigenvalue weighted by Gasteiger charge is -2.34. The minimum Gasteiger partial charge on any atom is -0.457 e. The molecule has 2 fully saturated rings. The highest BCUT2D eigenvalue weighted by molar-refractivity contribution is 5.89. The zero-order chi connectivity index (χ0) is 17.5. The predicted molar refractivity (Wildman–Crippen MR) is 98.6 cm³/mol. The van der Waals surface area contributed by atoms with Crippen LogP contribution in [0, 0.1) is 0 Å². The van der Waals surface area contributed by atoms with E-state index in [2.05, 4.69) is 10.00 Å². The summed E-state index contributed by atoms with van der Waals surface area (Å²) in [4.78, 5) is 15.4. The van der Waals surface area contributed by atoms with Gasteiger partial charge in [-0.25, -0.2) is 9.48 Å². The number of hydrogen-bond acceptors (Lipinski definition) is 4. The quantitative estimate of drug-likeness (QED) is 0.797. The molecule has 0 N–H and O–H groups in total. The third-order valence-electron chi connectivity index (χ3n) is 6.17. The highest BCUT2D eigenvalue weighted by Crippen LogP contribution is 2.31. The van der Waals surface area contributed by atoms with Crippen molar-refractivity contribution in [1.29, 1.82) is 0 Å². The average molecular weight is 351 g/mol. The van der Waals surface area contributed by atoms with Crippen LogP contribution in [0.3, 0.4) is 0 Å². The fourth-order valence-electron chi connectivity index (χ4n) is 4.89. The summed E-state index contributed by atoms with van der Waals surface area (Å²) in [6.45, 7) is 2.26. The van der Waals surface area contributed by atoms with Crippen molar-refractivity contribution in [3.8, 4) is 5.69 Å². The van der Waals surface area contributed by atoms with E-state index in [1.165, 1.54) is 25.1 Å². The Bertz CT molecular complexity index is 814. The molecule has 2 aliphatic heterocycles. The number of carbonyl (C=O) groups excluding carboxylic acids is 1. The van der Waals surface area contributed by atoms with Gasteiger partial charge in [0.1, 0.15) is 6.10 Å². The van der Waals surface area contributed by atoms with Crippen molar-refractivity contribution >= 4 is 5.97 Å². The number of piperidine rings is 1. The van der Waals surface area contributed by atoms with E-state index >= 15 is 0 Å². The Kier molecular flexibility index (Phi) is 4.04. The SMILES string of the molecule is O=C(O[C@H]1CCN2CCC[C@@H]2C1)c1nn(-c2ccccc2)c2c1CCC2. The first kappa shape index (κ1) is 16.1. The monoisotopic (exact) mass is 351 g/mol. The van der Waals surface area contributed by atoms with Gasteiger partial charge in [0.2, 0.25) is 0 Å².